The molecular weight excluding hydrogens is 174 g/mol. The monoisotopic (exact) mass is 201 g/mol. The van der Waals surface area contributed by atoms with Gasteiger partial charge in [-0.2, -0.15) is 0 Å². The Labute approximate surface area is 85.4 Å². The van der Waals surface area contributed by atoms with Crippen LogP contribution in [0.2, 0.25) is 19.1 Å². The van der Waals surface area contributed by atoms with Crippen LogP contribution in [0.1, 0.15) is 46.0 Å². The molecule has 0 amide bonds. The fourth-order valence-corrected chi connectivity index (χ4v) is 3.97. The van der Waals surface area contributed by atoms with E-state index in [0.29, 0.717) is 0 Å². The van der Waals surface area contributed by atoms with E-state index in [-0.39, 0.29) is 0 Å². The van der Waals surface area contributed by atoms with Crippen LogP contribution in [0, 0.1) is 0 Å². The number of rotatable bonds is 8. The Morgan fingerprint density at radius 2 is 1.62 bits per heavy atom. The molecule has 2 heteroatoms. The van der Waals surface area contributed by atoms with E-state index in [1.165, 1.54) is 44.7 Å². The van der Waals surface area contributed by atoms with Crippen LogP contribution >= 0.6 is 0 Å². The molecule has 0 heterocycles. The molecule has 0 aromatic heterocycles. The molecule has 80 valence electrons. The summed E-state index contributed by atoms with van der Waals surface area (Å²) in [6, 6.07) is 1.42. The second-order valence-corrected chi connectivity index (χ2v) is 9.24. The number of hydrogen-bond acceptors (Lipinski definition) is 1. The van der Waals surface area contributed by atoms with Crippen molar-refractivity contribution >= 4 is 8.24 Å². The van der Waals surface area contributed by atoms with Gasteiger partial charge in [-0.05, 0) is 19.0 Å². The molecule has 0 saturated carbocycles. The zero-order chi connectivity index (χ0) is 10.2. The molecule has 0 radical (unpaired) electrons. The van der Waals surface area contributed by atoms with Gasteiger partial charge in [0.2, 0.25) is 0 Å². The molecule has 0 aliphatic heterocycles. The van der Waals surface area contributed by atoms with Gasteiger partial charge in [0, 0.05) is 0 Å². The van der Waals surface area contributed by atoms with E-state index in [9.17, 15) is 0 Å². The normalized spacial score (nSPS) is 12.0. The van der Waals surface area contributed by atoms with Crippen molar-refractivity contribution in [1.29, 1.82) is 0 Å². The molecule has 0 fully saturated rings. The first-order valence-electron chi connectivity index (χ1n) is 5.87. The zero-order valence-corrected chi connectivity index (χ0v) is 10.9. The standard InChI is InChI=1S/C11H27NSi/c1-5-7-8-9-10-12-13(3,4)11-6-2/h12H,5-11H2,1-4H3. The van der Waals surface area contributed by atoms with E-state index < -0.39 is 8.24 Å². The summed E-state index contributed by atoms with van der Waals surface area (Å²) in [4.78, 5) is 3.76. The molecular formula is C11H27NSi. The highest BCUT2D eigenvalue weighted by molar-refractivity contribution is 6.74. The third kappa shape index (κ3) is 8.51. The van der Waals surface area contributed by atoms with Crippen molar-refractivity contribution in [1.82, 2.24) is 4.98 Å². The lowest BCUT2D eigenvalue weighted by Gasteiger charge is -2.23. The van der Waals surface area contributed by atoms with Gasteiger partial charge in [0.25, 0.3) is 0 Å². The van der Waals surface area contributed by atoms with Crippen molar-refractivity contribution in [2.24, 2.45) is 0 Å². The SMILES string of the molecule is CCCCCCN[Si](C)(C)CCC. The first-order chi connectivity index (χ1) is 6.12. The summed E-state index contributed by atoms with van der Waals surface area (Å²) in [6.45, 7) is 10.7. The predicted octanol–water partition coefficient (Wildman–Crippen LogP) is 3.77. The van der Waals surface area contributed by atoms with Gasteiger partial charge in [0.15, 0.2) is 0 Å². The maximum Gasteiger partial charge on any atom is 0.119 e. The summed E-state index contributed by atoms with van der Waals surface area (Å²) in [5.41, 5.74) is 0. The molecule has 0 aromatic carbocycles. The largest absolute Gasteiger partial charge is 0.337 e. The molecule has 13 heavy (non-hydrogen) atoms. The van der Waals surface area contributed by atoms with Crippen LogP contribution in [-0.4, -0.2) is 14.8 Å². The van der Waals surface area contributed by atoms with Gasteiger partial charge >= 0.3 is 0 Å². The predicted molar refractivity (Wildman–Crippen MR) is 64.7 cm³/mol. The second-order valence-electron chi connectivity index (χ2n) is 4.62. The Balaban J connectivity index is 3.29. The summed E-state index contributed by atoms with van der Waals surface area (Å²) >= 11 is 0. The van der Waals surface area contributed by atoms with E-state index in [1.54, 1.807) is 0 Å². The lowest BCUT2D eigenvalue weighted by atomic mass is 10.2. The lowest BCUT2D eigenvalue weighted by molar-refractivity contribution is 0.653. The van der Waals surface area contributed by atoms with Crippen LogP contribution in [0.15, 0.2) is 0 Å². The summed E-state index contributed by atoms with van der Waals surface area (Å²) in [7, 11) is -1.01. The van der Waals surface area contributed by atoms with E-state index in [4.69, 9.17) is 0 Å². The minimum atomic E-state index is -1.01. The minimum Gasteiger partial charge on any atom is -0.337 e. The first-order valence-corrected chi connectivity index (χ1v) is 9.08. The Bertz CT molecular complexity index is 113. The molecule has 0 unspecified atom stereocenters. The smallest absolute Gasteiger partial charge is 0.119 e. The Morgan fingerprint density at radius 3 is 2.15 bits per heavy atom. The fraction of sp³-hybridized carbons (Fsp3) is 1.00. The highest BCUT2D eigenvalue weighted by Crippen LogP contribution is 2.08. The molecule has 0 aliphatic rings. The zero-order valence-electron chi connectivity index (χ0n) is 9.95. The maximum atomic E-state index is 3.76. The van der Waals surface area contributed by atoms with E-state index in [1.807, 2.05) is 0 Å². The number of nitrogens with one attached hydrogen (secondary N) is 1. The van der Waals surface area contributed by atoms with Crippen molar-refractivity contribution in [2.45, 2.75) is 65.1 Å². The Hall–Kier alpha value is 0.177. The van der Waals surface area contributed by atoms with Gasteiger partial charge in [-0.15, -0.1) is 0 Å². The van der Waals surface area contributed by atoms with Crippen LogP contribution in [0.3, 0.4) is 0 Å². The molecule has 0 bridgehead atoms. The third-order valence-electron chi connectivity index (χ3n) is 2.51. The van der Waals surface area contributed by atoms with Crippen molar-refractivity contribution in [2.75, 3.05) is 6.54 Å². The van der Waals surface area contributed by atoms with Crippen molar-refractivity contribution in [3.05, 3.63) is 0 Å². The van der Waals surface area contributed by atoms with E-state index >= 15 is 0 Å². The van der Waals surface area contributed by atoms with Gasteiger partial charge < -0.3 is 4.98 Å². The van der Waals surface area contributed by atoms with E-state index in [0.717, 1.165) is 0 Å². The van der Waals surface area contributed by atoms with Crippen molar-refractivity contribution in [3.63, 3.8) is 0 Å². The van der Waals surface area contributed by atoms with Crippen LogP contribution in [0.25, 0.3) is 0 Å². The summed E-state index contributed by atoms with van der Waals surface area (Å²) in [5.74, 6) is 0. The number of hydrogen-bond donors (Lipinski definition) is 1. The molecule has 0 atom stereocenters. The molecule has 0 saturated heterocycles. The van der Waals surface area contributed by atoms with Crippen molar-refractivity contribution < 1.29 is 0 Å². The Morgan fingerprint density at radius 1 is 0.923 bits per heavy atom. The summed E-state index contributed by atoms with van der Waals surface area (Å²) < 4.78 is 0. The average molecular weight is 201 g/mol. The van der Waals surface area contributed by atoms with Gasteiger partial charge in [-0.25, -0.2) is 0 Å². The third-order valence-corrected chi connectivity index (χ3v) is 5.47. The van der Waals surface area contributed by atoms with Gasteiger partial charge in [0.05, 0.1) is 0 Å². The van der Waals surface area contributed by atoms with Crippen LogP contribution < -0.4 is 4.98 Å². The van der Waals surface area contributed by atoms with Crippen LogP contribution in [0.5, 0.6) is 0 Å². The molecule has 0 spiro atoms. The molecule has 1 N–H and O–H groups in total. The number of unbranched alkanes of at least 4 members (excludes halogenated alkanes) is 3. The first kappa shape index (κ1) is 13.2. The molecule has 1 nitrogen and oxygen atoms in total. The van der Waals surface area contributed by atoms with E-state index in [2.05, 4.69) is 31.9 Å². The highest BCUT2D eigenvalue weighted by Gasteiger charge is 2.17. The van der Waals surface area contributed by atoms with Gasteiger partial charge in [0.1, 0.15) is 8.24 Å². The lowest BCUT2D eigenvalue weighted by Crippen LogP contribution is -2.44. The molecule has 0 aliphatic carbocycles. The van der Waals surface area contributed by atoms with Crippen LogP contribution in [-0.2, 0) is 0 Å². The Kier molecular flexibility index (Phi) is 7.67. The quantitative estimate of drug-likeness (QED) is 0.465. The summed E-state index contributed by atoms with van der Waals surface area (Å²) in [6.07, 6.45) is 6.85. The second kappa shape index (κ2) is 7.57. The average Bonchev–Trinajstić information content (AvgIpc) is 2.04. The fourth-order valence-electron chi connectivity index (χ4n) is 1.69. The topological polar surface area (TPSA) is 12.0 Å². The summed E-state index contributed by atoms with van der Waals surface area (Å²) in [5, 5.41) is 0. The minimum absolute atomic E-state index is 1.01. The van der Waals surface area contributed by atoms with Crippen molar-refractivity contribution in [3.8, 4) is 0 Å². The van der Waals surface area contributed by atoms with Gasteiger partial charge in [-0.1, -0.05) is 52.6 Å². The molecule has 0 rings (SSSR count). The van der Waals surface area contributed by atoms with Gasteiger partial charge in [-0.3, -0.25) is 0 Å². The highest BCUT2D eigenvalue weighted by atomic mass is 28.3. The van der Waals surface area contributed by atoms with Crippen LogP contribution in [0.4, 0.5) is 0 Å². The molecule has 0 aromatic rings. The maximum absolute atomic E-state index is 3.76.